The van der Waals surface area contributed by atoms with Gasteiger partial charge in [-0.25, -0.2) is 9.67 Å². The average molecular weight is 284 g/mol. The second kappa shape index (κ2) is 4.56. The molecule has 4 rings (SSSR count). The SMILES string of the molecule is CC1(C)C(Nc2ccc(-n3cccn3)nc2)C2CCOC21. The number of aromatic nitrogens is 3. The highest BCUT2D eigenvalue weighted by Gasteiger charge is 2.59. The second-order valence-electron chi connectivity index (χ2n) is 6.54. The molecule has 0 amide bonds. The molecular formula is C16H20N4O. The molecule has 110 valence electrons. The first-order valence-electron chi connectivity index (χ1n) is 7.50. The Balaban J connectivity index is 1.50. The van der Waals surface area contributed by atoms with Gasteiger partial charge in [-0.15, -0.1) is 0 Å². The number of hydrogen-bond donors (Lipinski definition) is 1. The van der Waals surface area contributed by atoms with Crippen molar-refractivity contribution in [1.29, 1.82) is 0 Å². The van der Waals surface area contributed by atoms with E-state index >= 15 is 0 Å². The van der Waals surface area contributed by atoms with Crippen molar-refractivity contribution in [2.45, 2.75) is 32.4 Å². The smallest absolute Gasteiger partial charge is 0.153 e. The summed E-state index contributed by atoms with van der Waals surface area (Å²) in [6.45, 7) is 5.46. The molecule has 2 fully saturated rings. The highest BCUT2D eigenvalue weighted by atomic mass is 16.5. The molecule has 1 saturated carbocycles. The van der Waals surface area contributed by atoms with Crippen molar-refractivity contribution in [1.82, 2.24) is 14.8 Å². The summed E-state index contributed by atoms with van der Waals surface area (Å²) in [5.74, 6) is 1.46. The molecule has 1 aliphatic heterocycles. The Morgan fingerprint density at radius 1 is 1.38 bits per heavy atom. The van der Waals surface area contributed by atoms with E-state index in [1.807, 2.05) is 24.5 Å². The highest BCUT2D eigenvalue weighted by molar-refractivity contribution is 5.46. The third kappa shape index (κ3) is 1.95. The van der Waals surface area contributed by atoms with Crippen LogP contribution in [0.1, 0.15) is 20.3 Å². The van der Waals surface area contributed by atoms with Gasteiger partial charge >= 0.3 is 0 Å². The Morgan fingerprint density at radius 2 is 2.29 bits per heavy atom. The predicted octanol–water partition coefficient (Wildman–Crippen LogP) is 2.49. The molecule has 0 aromatic carbocycles. The summed E-state index contributed by atoms with van der Waals surface area (Å²) in [6, 6.07) is 6.42. The van der Waals surface area contributed by atoms with E-state index in [2.05, 4.69) is 35.3 Å². The summed E-state index contributed by atoms with van der Waals surface area (Å²) >= 11 is 0. The molecule has 3 unspecified atom stereocenters. The fourth-order valence-corrected chi connectivity index (χ4v) is 3.81. The van der Waals surface area contributed by atoms with Gasteiger partial charge < -0.3 is 10.1 Å². The van der Waals surface area contributed by atoms with E-state index in [0.29, 0.717) is 18.1 Å². The van der Waals surface area contributed by atoms with Gasteiger partial charge in [0.05, 0.1) is 18.0 Å². The molecule has 1 aliphatic carbocycles. The molecule has 0 spiro atoms. The summed E-state index contributed by atoms with van der Waals surface area (Å²) < 4.78 is 7.60. The molecule has 2 aromatic heterocycles. The van der Waals surface area contributed by atoms with E-state index < -0.39 is 0 Å². The molecule has 2 aromatic rings. The Kier molecular flexibility index (Phi) is 2.79. The standard InChI is InChI=1S/C16H20N4O/c1-16(2)14(12-6-9-21-15(12)16)19-11-4-5-13(17-10-11)20-8-3-7-18-20/h3-5,7-8,10,12,14-15,19H,6,9H2,1-2H3. The maximum Gasteiger partial charge on any atom is 0.153 e. The summed E-state index contributed by atoms with van der Waals surface area (Å²) in [6.07, 6.45) is 7.10. The van der Waals surface area contributed by atoms with Crippen LogP contribution in [0.2, 0.25) is 0 Å². The van der Waals surface area contributed by atoms with Gasteiger partial charge in [0.15, 0.2) is 5.82 Å². The van der Waals surface area contributed by atoms with Crippen LogP contribution in [-0.4, -0.2) is 33.5 Å². The molecule has 3 atom stereocenters. The van der Waals surface area contributed by atoms with E-state index in [-0.39, 0.29) is 5.41 Å². The van der Waals surface area contributed by atoms with Gasteiger partial charge in [0, 0.05) is 36.4 Å². The quantitative estimate of drug-likeness (QED) is 0.941. The number of anilines is 1. The number of ether oxygens (including phenoxy) is 1. The van der Waals surface area contributed by atoms with Gasteiger partial charge in [-0.1, -0.05) is 13.8 Å². The van der Waals surface area contributed by atoms with E-state index in [0.717, 1.165) is 24.5 Å². The molecular weight excluding hydrogens is 264 g/mol. The van der Waals surface area contributed by atoms with Crippen molar-refractivity contribution in [2.75, 3.05) is 11.9 Å². The molecule has 0 bridgehead atoms. The van der Waals surface area contributed by atoms with Gasteiger partial charge in [-0.05, 0) is 24.6 Å². The van der Waals surface area contributed by atoms with Crippen LogP contribution in [0.3, 0.4) is 0 Å². The first-order valence-corrected chi connectivity index (χ1v) is 7.50. The normalized spacial score (nSPS) is 29.7. The second-order valence-corrected chi connectivity index (χ2v) is 6.54. The van der Waals surface area contributed by atoms with Crippen molar-refractivity contribution in [3.8, 4) is 5.82 Å². The van der Waals surface area contributed by atoms with E-state index in [9.17, 15) is 0 Å². The lowest BCUT2D eigenvalue weighted by atomic mass is 9.57. The number of nitrogens with one attached hydrogen (secondary N) is 1. The molecule has 2 aliphatic rings. The lowest BCUT2D eigenvalue weighted by Crippen LogP contribution is -2.63. The summed E-state index contributed by atoms with van der Waals surface area (Å²) in [4.78, 5) is 4.47. The van der Waals surface area contributed by atoms with Crippen molar-refractivity contribution < 1.29 is 4.74 Å². The first-order chi connectivity index (χ1) is 10.2. The van der Waals surface area contributed by atoms with Crippen molar-refractivity contribution in [3.63, 3.8) is 0 Å². The molecule has 1 N–H and O–H groups in total. The van der Waals surface area contributed by atoms with Gasteiger partial charge in [-0.2, -0.15) is 5.10 Å². The topological polar surface area (TPSA) is 52.0 Å². The van der Waals surface area contributed by atoms with Crippen LogP contribution in [0.25, 0.3) is 5.82 Å². The molecule has 3 heterocycles. The van der Waals surface area contributed by atoms with Crippen LogP contribution in [0.4, 0.5) is 5.69 Å². The van der Waals surface area contributed by atoms with Crippen LogP contribution in [0.15, 0.2) is 36.8 Å². The predicted molar refractivity (Wildman–Crippen MR) is 80.4 cm³/mol. The van der Waals surface area contributed by atoms with Crippen molar-refractivity contribution >= 4 is 5.69 Å². The summed E-state index contributed by atoms with van der Waals surface area (Å²) in [7, 11) is 0. The Bertz CT molecular complexity index is 620. The fourth-order valence-electron chi connectivity index (χ4n) is 3.81. The zero-order valence-corrected chi connectivity index (χ0v) is 12.4. The minimum absolute atomic E-state index is 0.182. The Hall–Kier alpha value is -1.88. The van der Waals surface area contributed by atoms with E-state index in [1.54, 1.807) is 10.9 Å². The van der Waals surface area contributed by atoms with Crippen LogP contribution in [0.5, 0.6) is 0 Å². The van der Waals surface area contributed by atoms with Crippen molar-refractivity contribution in [2.24, 2.45) is 11.3 Å². The zero-order valence-electron chi connectivity index (χ0n) is 12.4. The molecule has 5 nitrogen and oxygen atoms in total. The minimum Gasteiger partial charge on any atom is -0.380 e. The fraction of sp³-hybridized carbons (Fsp3) is 0.500. The molecule has 0 radical (unpaired) electrons. The Labute approximate surface area is 124 Å². The first kappa shape index (κ1) is 12.8. The van der Waals surface area contributed by atoms with E-state index in [1.165, 1.54) is 0 Å². The zero-order chi connectivity index (χ0) is 14.4. The Morgan fingerprint density at radius 3 is 3.00 bits per heavy atom. The maximum atomic E-state index is 5.84. The van der Waals surface area contributed by atoms with Gasteiger partial charge in [0.1, 0.15) is 0 Å². The molecule has 5 heteroatoms. The molecule has 21 heavy (non-hydrogen) atoms. The number of hydrogen-bond acceptors (Lipinski definition) is 4. The number of rotatable bonds is 3. The average Bonchev–Trinajstić information content (AvgIpc) is 3.16. The van der Waals surface area contributed by atoms with Gasteiger partial charge in [0.2, 0.25) is 0 Å². The molecule has 1 saturated heterocycles. The summed E-state index contributed by atoms with van der Waals surface area (Å²) in [5.41, 5.74) is 1.25. The van der Waals surface area contributed by atoms with Crippen LogP contribution in [-0.2, 0) is 4.74 Å². The lowest BCUT2D eigenvalue weighted by Gasteiger charge is -2.55. The van der Waals surface area contributed by atoms with Crippen LogP contribution >= 0.6 is 0 Å². The van der Waals surface area contributed by atoms with Crippen LogP contribution < -0.4 is 5.32 Å². The van der Waals surface area contributed by atoms with E-state index in [4.69, 9.17) is 4.74 Å². The van der Waals surface area contributed by atoms with Gasteiger partial charge in [-0.3, -0.25) is 0 Å². The third-order valence-corrected chi connectivity index (χ3v) is 4.91. The summed E-state index contributed by atoms with van der Waals surface area (Å²) in [5, 5.41) is 7.83. The number of nitrogens with zero attached hydrogens (tertiary/aromatic N) is 3. The van der Waals surface area contributed by atoms with Gasteiger partial charge in [0.25, 0.3) is 0 Å². The number of fused-ring (bicyclic) bond motifs is 1. The van der Waals surface area contributed by atoms with Crippen LogP contribution in [0, 0.1) is 11.3 Å². The number of pyridine rings is 1. The maximum absolute atomic E-state index is 5.84. The third-order valence-electron chi connectivity index (χ3n) is 4.91. The van der Waals surface area contributed by atoms with Crippen molar-refractivity contribution in [3.05, 3.63) is 36.8 Å². The lowest BCUT2D eigenvalue weighted by molar-refractivity contribution is -0.0923. The highest BCUT2D eigenvalue weighted by Crippen LogP contribution is 2.53. The largest absolute Gasteiger partial charge is 0.380 e. The monoisotopic (exact) mass is 284 g/mol. The minimum atomic E-state index is 0.182.